The fourth-order valence-corrected chi connectivity index (χ4v) is 4.80. The van der Waals surface area contributed by atoms with Crippen molar-refractivity contribution in [3.05, 3.63) is 59.7 Å². The van der Waals surface area contributed by atoms with Crippen LogP contribution >= 0.6 is 0 Å². The molecule has 0 heterocycles. The van der Waals surface area contributed by atoms with Crippen LogP contribution in [0.25, 0.3) is 0 Å². The average molecular weight is 504 g/mol. The Morgan fingerprint density at radius 2 is 1.74 bits per heavy atom. The summed E-state index contributed by atoms with van der Waals surface area (Å²) in [6.45, 7) is 7.19. The Hall–Kier alpha value is -3.07. The van der Waals surface area contributed by atoms with E-state index in [1.807, 2.05) is 52.0 Å². The molecule has 2 amide bonds. The van der Waals surface area contributed by atoms with Crippen molar-refractivity contribution in [2.75, 3.05) is 24.2 Å². The van der Waals surface area contributed by atoms with E-state index in [-0.39, 0.29) is 18.5 Å². The number of benzene rings is 2. The van der Waals surface area contributed by atoms with Crippen LogP contribution in [0.3, 0.4) is 0 Å². The molecular weight excluding hydrogens is 466 g/mol. The lowest BCUT2D eigenvalue weighted by atomic mass is 10.1. The van der Waals surface area contributed by atoms with Gasteiger partial charge in [0.2, 0.25) is 21.8 Å². The van der Waals surface area contributed by atoms with E-state index in [4.69, 9.17) is 4.74 Å². The first kappa shape index (κ1) is 28.2. The summed E-state index contributed by atoms with van der Waals surface area (Å²) < 4.78 is 32.0. The van der Waals surface area contributed by atoms with Gasteiger partial charge >= 0.3 is 0 Å². The summed E-state index contributed by atoms with van der Waals surface area (Å²) in [6.07, 6.45) is 2.07. The number of amides is 2. The van der Waals surface area contributed by atoms with Crippen LogP contribution in [0.1, 0.15) is 45.2 Å². The number of carbonyl (C=O) groups excluding carboxylic acids is 2. The molecular formula is C26H37N3O5S. The van der Waals surface area contributed by atoms with Crippen LogP contribution in [0.5, 0.6) is 5.75 Å². The number of hydrogen-bond acceptors (Lipinski definition) is 5. The predicted octanol–water partition coefficient (Wildman–Crippen LogP) is 3.36. The van der Waals surface area contributed by atoms with Crippen molar-refractivity contribution in [3.63, 3.8) is 0 Å². The lowest BCUT2D eigenvalue weighted by Crippen LogP contribution is -2.53. The van der Waals surface area contributed by atoms with Gasteiger partial charge in [-0.2, -0.15) is 0 Å². The summed E-state index contributed by atoms with van der Waals surface area (Å²) in [6, 6.07) is 13.5. The van der Waals surface area contributed by atoms with Gasteiger partial charge in [-0.1, -0.05) is 44.2 Å². The van der Waals surface area contributed by atoms with Crippen molar-refractivity contribution in [3.8, 4) is 5.75 Å². The van der Waals surface area contributed by atoms with Crippen LogP contribution in [0.15, 0.2) is 48.5 Å². The number of sulfonamides is 1. The Kier molecular flexibility index (Phi) is 10.1. The second-order valence-electron chi connectivity index (χ2n) is 8.71. The molecule has 2 aromatic rings. The molecule has 0 bridgehead atoms. The minimum atomic E-state index is -3.77. The highest BCUT2D eigenvalue weighted by Gasteiger charge is 2.32. The monoisotopic (exact) mass is 503 g/mol. The minimum Gasteiger partial charge on any atom is -0.497 e. The topological polar surface area (TPSA) is 96.0 Å². The van der Waals surface area contributed by atoms with Gasteiger partial charge in [-0.05, 0) is 56.0 Å². The zero-order valence-corrected chi connectivity index (χ0v) is 22.3. The van der Waals surface area contributed by atoms with Crippen LogP contribution in [0, 0.1) is 0 Å². The van der Waals surface area contributed by atoms with Crippen molar-refractivity contribution in [2.24, 2.45) is 0 Å². The normalized spacial score (nSPS) is 12.2. The fourth-order valence-electron chi connectivity index (χ4n) is 3.92. The molecule has 0 aromatic heterocycles. The molecule has 0 spiro atoms. The third-order valence-corrected chi connectivity index (χ3v) is 6.75. The molecule has 0 aliphatic heterocycles. The Morgan fingerprint density at radius 3 is 2.31 bits per heavy atom. The van der Waals surface area contributed by atoms with Crippen LogP contribution in [0.2, 0.25) is 0 Å². The maximum absolute atomic E-state index is 13.7. The lowest BCUT2D eigenvalue weighted by molar-refractivity contribution is -0.140. The average Bonchev–Trinajstić information content (AvgIpc) is 2.81. The van der Waals surface area contributed by atoms with Gasteiger partial charge in [0.05, 0.1) is 19.1 Å². The van der Waals surface area contributed by atoms with Gasteiger partial charge in [0.15, 0.2) is 0 Å². The maximum Gasteiger partial charge on any atom is 0.244 e. The number of nitrogens with one attached hydrogen (secondary N) is 1. The SMILES string of the molecule is CCc1ccccc1N(CC(=O)N(Cc1cccc(OC)c1)[C@H](CC)C(=O)NC(C)C)S(C)(=O)=O. The third kappa shape index (κ3) is 7.71. The first-order valence-electron chi connectivity index (χ1n) is 11.8. The number of ether oxygens (including phenoxy) is 1. The van der Waals surface area contributed by atoms with Crippen molar-refractivity contribution in [1.29, 1.82) is 0 Å². The number of aryl methyl sites for hydroxylation is 1. The van der Waals surface area contributed by atoms with Gasteiger partial charge in [-0.25, -0.2) is 8.42 Å². The molecule has 8 nitrogen and oxygen atoms in total. The van der Waals surface area contributed by atoms with E-state index in [2.05, 4.69) is 5.32 Å². The summed E-state index contributed by atoms with van der Waals surface area (Å²) in [4.78, 5) is 28.2. The summed E-state index contributed by atoms with van der Waals surface area (Å²) in [5, 5.41) is 2.88. The van der Waals surface area contributed by atoms with Crippen LogP contribution in [-0.4, -0.2) is 57.1 Å². The van der Waals surface area contributed by atoms with Gasteiger partial charge in [0, 0.05) is 12.6 Å². The standard InChI is InChI=1S/C26H37N3O5S/c1-7-21-13-9-10-15-24(21)29(35(6,32)33)18-25(30)28(23(8-2)26(31)27-19(3)4)17-20-12-11-14-22(16-20)34-5/h9-16,19,23H,7-8,17-18H2,1-6H3,(H,27,31)/t23-/m1/s1. The molecule has 0 aliphatic carbocycles. The highest BCUT2D eigenvalue weighted by atomic mass is 32.2. The first-order chi connectivity index (χ1) is 16.5. The highest BCUT2D eigenvalue weighted by molar-refractivity contribution is 7.92. The Morgan fingerprint density at radius 1 is 1.06 bits per heavy atom. The van der Waals surface area contributed by atoms with Crippen molar-refractivity contribution >= 4 is 27.5 Å². The first-order valence-corrected chi connectivity index (χ1v) is 13.6. The summed E-state index contributed by atoms with van der Waals surface area (Å²) in [7, 11) is -2.21. The molecule has 2 rings (SSSR count). The quantitative estimate of drug-likeness (QED) is 0.479. The molecule has 1 atom stereocenters. The number of para-hydroxylation sites is 1. The van der Waals surface area contributed by atoms with E-state index in [0.717, 1.165) is 21.7 Å². The molecule has 0 saturated carbocycles. The van der Waals surface area contributed by atoms with Crippen LogP contribution < -0.4 is 14.4 Å². The Labute approximate surface area is 209 Å². The van der Waals surface area contributed by atoms with Gasteiger partial charge in [-0.15, -0.1) is 0 Å². The lowest BCUT2D eigenvalue weighted by Gasteiger charge is -2.33. The zero-order valence-electron chi connectivity index (χ0n) is 21.4. The minimum absolute atomic E-state index is 0.103. The van der Waals surface area contributed by atoms with E-state index in [0.29, 0.717) is 24.3 Å². The second kappa shape index (κ2) is 12.6. The molecule has 1 N–H and O–H groups in total. The van der Waals surface area contributed by atoms with Gasteiger partial charge in [0.1, 0.15) is 18.3 Å². The molecule has 192 valence electrons. The van der Waals surface area contributed by atoms with Gasteiger partial charge in [-0.3, -0.25) is 13.9 Å². The van der Waals surface area contributed by atoms with E-state index in [1.54, 1.807) is 31.4 Å². The van der Waals surface area contributed by atoms with Crippen LogP contribution in [-0.2, 0) is 32.6 Å². The molecule has 0 unspecified atom stereocenters. The van der Waals surface area contributed by atoms with Crippen molar-refractivity contribution in [1.82, 2.24) is 10.2 Å². The highest BCUT2D eigenvalue weighted by Crippen LogP contribution is 2.24. The van der Waals surface area contributed by atoms with Crippen molar-refractivity contribution in [2.45, 2.75) is 59.2 Å². The molecule has 0 radical (unpaired) electrons. The number of nitrogens with zero attached hydrogens (tertiary/aromatic N) is 2. The maximum atomic E-state index is 13.7. The largest absolute Gasteiger partial charge is 0.497 e. The molecule has 2 aromatic carbocycles. The smallest absolute Gasteiger partial charge is 0.244 e. The van der Waals surface area contributed by atoms with E-state index in [9.17, 15) is 18.0 Å². The Balaban J connectivity index is 2.49. The third-order valence-electron chi connectivity index (χ3n) is 5.62. The van der Waals surface area contributed by atoms with E-state index >= 15 is 0 Å². The van der Waals surface area contributed by atoms with E-state index < -0.39 is 28.5 Å². The van der Waals surface area contributed by atoms with E-state index in [1.165, 1.54) is 4.90 Å². The number of anilines is 1. The number of carbonyl (C=O) groups is 2. The van der Waals surface area contributed by atoms with Gasteiger partial charge in [0.25, 0.3) is 0 Å². The van der Waals surface area contributed by atoms with Crippen molar-refractivity contribution < 1.29 is 22.7 Å². The number of hydrogen-bond donors (Lipinski definition) is 1. The predicted molar refractivity (Wildman–Crippen MR) is 139 cm³/mol. The summed E-state index contributed by atoms with van der Waals surface area (Å²) >= 11 is 0. The fraction of sp³-hybridized carbons (Fsp3) is 0.462. The molecule has 35 heavy (non-hydrogen) atoms. The summed E-state index contributed by atoms with van der Waals surface area (Å²) in [5.41, 5.74) is 2.05. The summed E-state index contributed by atoms with van der Waals surface area (Å²) in [5.74, 6) is -0.113. The molecule has 0 aliphatic rings. The molecule has 9 heteroatoms. The number of methoxy groups -OCH3 is 1. The molecule has 0 fully saturated rings. The second-order valence-corrected chi connectivity index (χ2v) is 10.6. The zero-order chi connectivity index (χ0) is 26.2. The van der Waals surface area contributed by atoms with Gasteiger partial charge < -0.3 is 15.0 Å². The molecule has 0 saturated heterocycles. The number of rotatable bonds is 12. The Bertz CT molecular complexity index is 1120. The van der Waals surface area contributed by atoms with Crippen LogP contribution in [0.4, 0.5) is 5.69 Å².